The third kappa shape index (κ3) is 3.50. The van der Waals surface area contributed by atoms with Crippen molar-refractivity contribution in [1.29, 1.82) is 0 Å². The van der Waals surface area contributed by atoms with Crippen LogP contribution in [0.1, 0.15) is 31.6 Å². The van der Waals surface area contributed by atoms with Gasteiger partial charge >= 0.3 is 0 Å². The number of amides is 1. The Morgan fingerprint density at radius 1 is 1.53 bits per heavy atom. The molecule has 2 rings (SSSR count). The number of nitrogens with zero attached hydrogens (tertiary/aromatic N) is 1. The van der Waals surface area contributed by atoms with E-state index in [0.717, 1.165) is 24.4 Å². The fraction of sp³-hybridized carbons (Fsp3) is 0.643. The molecule has 2 heterocycles. The van der Waals surface area contributed by atoms with Crippen molar-refractivity contribution in [2.75, 3.05) is 20.1 Å². The predicted molar refractivity (Wildman–Crippen MR) is 83.3 cm³/mol. The highest BCUT2D eigenvalue weighted by atomic mass is 35.5. The number of likely N-dealkylation sites (N-methyl/N-ethyl adjacent to an activating group) is 1. The fourth-order valence-electron chi connectivity index (χ4n) is 2.53. The molecule has 1 aromatic rings. The maximum Gasteiger partial charge on any atom is 0.233 e. The second-order valence-electron chi connectivity index (χ2n) is 5.48. The zero-order valence-corrected chi connectivity index (χ0v) is 13.4. The Kier molecular flexibility index (Phi) is 5.83. The van der Waals surface area contributed by atoms with E-state index in [4.69, 9.17) is 0 Å². The van der Waals surface area contributed by atoms with Crippen LogP contribution in [-0.4, -0.2) is 37.0 Å². The first kappa shape index (κ1) is 16.5. The summed E-state index contributed by atoms with van der Waals surface area (Å²) >= 11 is 1.67. The fourth-order valence-corrected chi connectivity index (χ4v) is 3.37. The molecule has 19 heavy (non-hydrogen) atoms. The van der Waals surface area contributed by atoms with E-state index in [1.54, 1.807) is 11.3 Å². The van der Waals surface area contributed by atoms with Crippen LogP contribution in [0.5, 0.6) is 0 Å². The maximum atomic E-state index is 12.7. The standard InChI is InChI=1S/C14H22N2OS.ClH/c1-14(2,12-7-5-9-18-12)13(17)16-8-4-6-11(10-16)15-3;/h5,7,9,11,15H,4,6,8,10H2,1-3H3;1H. The molecule has 1 saturated heterocycles. The molecule has 0 bridgehead atoms. The van der Waals surface area contributed by atoms with Gasteiger partial charge in [0.2, 0.25) is 5.91 Å². The van der Waals surface area contributed by atoms with Gasteiger partial charge in [0.15, 0.2) is 0 Å². The van der Waals surface area contributed by atoms with Gasteiger partial charge in [-0.1, -0.05) is 6.07 Å². The van der Waals surface area contributed by atoms with Crippen LogP contribution in [0.2, 0.25) is 0 Å². The van der Waals surface area contributed by atoms with E-state index < -0.39 is 5.41 Å². The van der Waals surface area contributed by atoms with Crippen molar-refractivity contribution in [2.24, 2.45) is 0 Å². The van der Waals surface area contributed by atoms with Crippen LogP contribution in [0, 0.1) is 0 Å². The SMILES string of the molecule is CNC1CCCN(C(=O)C(C)(C)c2cccs2)C1.Cl. The molecule has 1 N–H and O–H groups in total. The summed E-state index contributed by atoms with van der Waals surface area (Å²) in [7, 11) is 1.98. The number of hydrogen-bond donors (Lipinski definition) is 1. The third-order valence-corrected chi connectivity index (χ3v) is 4.98. The molecule has 1 aromatic heterocycles. The number of carbonyl (C=O) groups is 1. The highest BCUT2D eigenvalue weighted by Gasteiger charge is 2.36. The Bertz CT molecular complexity index is 406. The molecule has 0 radical (unpaired) electrons. The number of hydrogen-bond acceptors (Lipinski definition) is 3. The van der Waals surface area contributed by atoms with Crippen molar-refractivity contribution >= 4 is 29.7 Å². The van der Waals surface area contributed by atoms with Crippen molar-refractivity contribution < 1.29 is 4.79 Å². The first-order valence-corrected chi connectivity index (χ1v) is 7.44. The minimum absolute atomic E-state index is 0. The summed E-state index contributed by atoms with van der Waals surface area (Å²) in [6.45, 7) is 5.80. The van der Waals surface area contributed by atoms with Gasteiger partial charge in [-0.25, -0.2) is 0 Å². The van der Waals surface area contributed by atoms with E-state index in [9.17, 15) is 4.79 Å². The zero-order chi connectivity index (χ0) is 13.2. The summed E-state index contributed by atoms with van der Waals surface area (Å²) in [6, 6.07) is 4.52. The monoisotopic (exact) mass is 302 g/mol. The largest absolute Gasteiger partial charge is 0.340 e. The summed E-state index contributed by atoms with van der Waals surface area (Å²) in [6.07, 6.45) is 2.26. The quantitative estimate of drug-likeness (QED) is 0.931. The number of nitrogens with one attached hydrogen (secondary N) is 1. The van der Waals surface area contributed by atoms with Gasteiger partial charge in [0.25, 0.3) is 0 Å². The van der Waals surface area contributed by atoms with Crippen LogP contribution in [0.4, 0.5) is 0 Å². The molecule has 0 aromatic carbocycles. The van der Waals surface area contributed by atoms with Crippen LogP contribution in [-0.2, 0) is 10.2 Å². The Hall–Kier alpha value is -0.580. The lowest BCUT2D eigenvalue weighted by molar-refractivity contribution is -0.137. The van der Waals surface area contributed by atoms with E-state index >= 15 is 0 Å². The number of thiophene rings is 1. The highest BCUT2D eigenvalue weighted by molar-refractivity contribution is 7.10. The average Bonchev–Trinajstić information content (AvgIpc) is 2.92. The first-order valence-electron chi connectivity index (χ1n) is 6.56. The number of halogens is 1. The van der Waals surface area contributed by atoms with Crippen LogP contribution in [0.25, 0.3) is 0 Å². The Balaban J connectivity index is 0.00000180. The minimum Gasteiger partial charge on any atom is -0.340 e. The molecule has 0 aliphatic carbocycles. The smallest absolute Gasteiger partial charge is 0.233 e. The summed E-state index contributed by atoms with van der Waals surface area (Å²) in [5, 5.41) is 5.32. The van der Waals surface area contributed by atoms with Crippen molar-refractivity contribution in [3.05, 3.63) is 22.4 Å². The molecule has 1 aliphatic rings. The zero-order valence-electron chi connectivity index (χ0n) is 11.8. The third-order valence-electron chi connectivity index (χ3n) is 3.79. The maximum absolute atomic E-state index is 12.7. The molecule has 1 amide bonds. The van der Waals surface area contributed by atoms with Crippen LogP contribution in [0.15, 0.2) is 17.5 Å². The molecule has 5 heteroatoms. The van der Waals surface area contributed by atoms with Crippen LogP contribution >= 0.6 is 23.7 Å². The summed E-state index contributed by atoms with van der Waals surface area (Å²) in [4.78, 5) is 15.9. The molecule has 1 unspecified atom stereocenters. The second kappa shape index (κ2) is 6.73. The Morgan fingerprint density at radius 2 is 2.26 bits per heavy atom. The van der Waals surface area contributed by atoms with Gasteiger partial charge in [-0.15, -0.1) is 23.7 Å². The van der Waals surface area contributed by atoms with E-state index in [1.807, 2.05) is 37.2 Å². The van der Waals surface area contributed by atoms with Gasteiger partial charge < -0.3 is 10.2 Å². The second-order valence-corrected chi connectivity index (χ2v) is 6.43. The van der Waals surface area contributed by atoms with E-state index in [1.165, 1.54) is 6.42 Å². The average molecular weight is 303 g/mol. The minimum atomic E-state index is -0.399. The molecule has 1 fully saturated rings. The molecule has 0 saturated carbocycles. The number of rotatable bonds is 3. The predicted octanol–water partition coefficient (Wildman–Crippen LogP) is 2.66. The van der Waals surface area contributed by atoms with E-state index in [2.05, 4.69) is 11.4 Å². The van der Waals surface area contributed by atoms with Gasteiger partial charge in [0, 0.05) is 24.0 Å². The Labute approximate surface area is 125 Å². The van der Waals surface area contributed by atoms with Crippen LogP contribution in [0.3, 0.4) is 0 Å². The molecule has 3 nitrogen and oxygen atoms in total. The summed E-state index contributed by atoms with van der Waals surface area (Å²) in [5.74, 6) is 0.255. The lowest BCUT2D eigenvalue weighted by atomic mass is 9.88. The first-order chi connectivity index (χ1) is 8.55. The lowest BCUT2D eigenvalue weighted by Gasteiger charge is -2.37. The number of carbonyl (C=O) groups excluding carboxylic acids is 1. The van der Waals surface area contributed by atoms with Gasteiger partial charge in [0.05, 0.1) is 5.41 Å². The van der Waals surface area contributed by atoms with Crippen LogP contribution < -0.4 is 5.32 Å². The van der Waals surface area contributed by atoms with Crippen molar-refractivity contribution in [1.82, 2.24) is 10.2 Å². The Morgan fingerprint density at radius 3 is 2.84 bits per heavy atom. The van der Waals surface area contributed by atoms with Gasteiger partial charge in [0.1, 0.15) is 0 Å². The lowest BCUT2D eigenvalue weighted by Crippen LogP contribution is -2.51. The molecule has 0 spiro atoms. The van der Waals surface area contributed by atoms with E-state index in [-0.39, 0.29) is 18.3 Å². The molecule has 108 valence electrons. The summed E-state index contributed by atoms with van der Waals surface area (Å²) in [5.41, 5.74) is -0.399. The van der Waals surface area contributed by atoms with Crippen molar-refractivity contribution in [3.8, 4) is 0 Å². The van der Waals surface area contributed by atoms with Gasteiger partial charge in [-0.05, 0) is 45.2 Å². The van der Waals surface area contributed by atoms with Crippen molar-refractivity contribution in [3.63, 3.8) is 0 Å². The number of piperidine rings is 1. The number of likely N-dealkylation sites (tertiary alicyclic amines) is 1. The van der Waals surface area contributed by atoms with E-state index in [0.29, 0.717) is 6.04 Å². The van der Waals surface area contributed by atoms with Gasteiger partial charge in [-0.3, -0.25) is 4.79 Å². The molecule has 1 aliphatic heterocycles. The van der Waals surface area contributed by atoms with Crippen molar-refractivity contribution in [2.45, 2.75) is 38.1 Å². The molecular weight excluding hydrogens is 280 g/mol. The normalized spacial score (nSPS) is 19.9. The summed E-state index contributed by atoms with van der Waals surface area (Å²) < 4.78 is 0. The topological polar surface area (TPSA) is 32.3 Å². The molecular formula is C14H23ClN2OS. The molecule has 1 atom stereocenters. The van der Waals surface area contributed by atoms with Gasteiger partial charge in [-0.2, -0.15) is 0 Å². The highest BCUT2D eigenvalue weighted by Crippen LogP contribution is 2.30.